The van der Waals surface area contributed by atoms with Gasteiger partial charge in [-0.3, -0.25) is 4.79 Å². The largest absolute Gasteiger partial charge is 0.478 e. The van der Waals surface area contributed by atoms with E-state index in [0.717, 1.165) is 12.5 Å². The van der Waals surface area contributed by atoms with Crippen LogP contribution in [0.2, 0.25) is 0 Å². The molecule has 7 heteroatoms. The Morgan fingerprint density at radius 2 is 2.17 bits per heavy atom. The van der Waals surface area contributed by atoms with E-state index in [1.807, 2.05) is 0 Å². The average Bonchev–Trinajstić information content (AvgIpc) is 2.94. The molecule has 6 nitrogen and oxygen atoms in total. The molecule has 2 atom stereocenters. The number of nitrogens with one attached hydrogen (secondary N) is 1. The molecule has 1 spiro atoms. The molecule has 2 N–H and O–H groups in total. The van der Waals surface area contributed by atoms with E-state index in [0.29, 0.717) is 32.7 Å². The van der Waals surface area contributed by atoms with E-state index in [4.69, 9.17) is 14.6 Å². The van der Waals surface area contributed by atoms with Crippen LogP contribution in [0.3, 0.4) is 0 Å². The molecule has 1 aromatic carbocycles. The predicted molar refractivity (Wildman–Crippen MR) is 78.0 cm³/mol. The van der Waals surface area contributed by atoms with Crippen molar-refractivity contribution in [3.63, 3.8) is 0 Å². The lowest BCUT2D eigenvalue weighted by molar-refractivity contribution is -0.0881. The normalized spacial score (nSPS) is 27.1. The van der Waals surface area contributed by atoms with Gasteiger partial charge in [-0.25, -0.2) is 9.18 Å². The molecule has 2 unspecified atom stereocenters. The zero-order valence-electron chi connectivity index (χ0n) is 12.5. The van der Waals surface area contributed by atoms with Crippen LogP contribution in [-0.4, -0.2) is 48.4 Å². The molecule has 0 saturated carbocycles. The number of hydrogen-bond acceptors (Lipinski definition) is 4. The molecule has 3 rings (SSSR count). The van der Waals surface area contributed by atoms with Crippen LogP contribution in [0.5, 0.6) is 0 Å². The zero-order valence-corrected chi connectivity index (χ0v) is 12.5. The monoisotopic (exact) mass is 323 g/mol. The summed E-state index contributed by atoms with van der Waals surface area (Å²) in [5, 5.41) is 11.6. The number of rotatable bonds is 3. The van der Waals surface area contributed by atoms with Crippen molar-refractivity contribution in [1.29, 1.82) is 0 Å². The van der Waals surface area contributed by atoms with Crippen LogP contribution in [0, 0.1) is 5.82 Å². The van der Waals surface area contributed by atoms with Gasteiger partial charge in [0.25, 0.3) is 5.91 Å². The molecule has 0 aliphatic carbocycles. The van der Waals surface area contributed by atoms with Crippen molar-refractivity contribution in [2.24, 2.45) is 0 Å². The lowest BCUT2D eigenvalue weighted by Gasteiger charge is -2.37. The van der Waals surface area contributed by atoms with Gasteiger partial charge in [-0.15, -0.1) is 0 Å². The van der Waals surface area contributed by atoms with Gasteiger partial charge in [-0.05, 0) is 31.0 Å². The molecular formula is C16H18FNO5. The number of carboxylic acid groups (broad SMARTS) is 1. The minimum absolute atomic E-state index is 0.114. The smallest absolute Gasteiger partial charge is 0.335 e. The molecule has 2 saturated heterocycles. The van der Waals surface area contributed by atoms with Gasteiger partial charge in [-0.1, -0.05) is 0 Å². The molecular weight excluding hydrogens is 305 g/mol. The van der Waals surface area contributed by atoms with Crippen LogP contribution in [0.25, 0.3) is 0 Å². The van der Waals surface area contributed by atoms with Crippen molar-refractivity contribution in [2.75, 3.05) is 19.8 Å². The second-order valence-corrected chi connectivity index (χ2v) is 6.00. The maximum atomic E-state index is 13.9. The minimum Gasteiger partial charge on any atom is -0.478 e. The van der Waals surface area contributed by atoms with Gasteiger partial charge in [0.2, 0.25) is 0 Å². The van der Waals surface area contributed by atoms with Crippen LogP contribution >= 0.6 is 0 Å². The SMILES string of the molecule is O=C(O)c1ccc(C(=O)NC2CCOC3(CCOC3)C2)c(F)c1. The van der Waals surface area contributed by atoms with Gasteiger partial charge in [-0.2, -0.15) is 0 Å². The summed E-state index contributed by atoms with van der Waals surface area (Å²) in [5.74, 6) is -2.61. The van der Waals surface area contributed by atoms with Crippen LogP contribution in [0.15, 0.2) is 18.2 Å². The van der Waals surface area contributed by atoms with Crippen LogP contribution < -0.4 is 5.32 Å². The number of benzene rings is 1. The summed E-state index contributed by atoms with van der Waals surface area (Å²) >= 11 is 0. The lowest BCUT2D eigenvalue weighted by Crippen LogP contribution is -2.49. The fourth-order valence-electron chi connectivity index (χ4n) is 3.11. The zero-order chi connectivity index (χ0) is 16.4. The summed E-state index contributed by atoms with van der Waals surface area (Å²) in [5.41, 5.74) is -0.688. The summed E-state index contributed by atoms with van der Waals surface area (Å²) in [6.45, 7) is 1.68. The molecule has 0 aromatic heterocycles. The summed E-state index contributed by atoms with van der Waals surface area (Å²) in [6, 6.07) is 3.16. The molecule has 0 radical (unpaired) electrons. The maximum Gasteiger partial charge on any atom is 0.335 e. The molecule has 124 valence electrons. The highest BCUT2D eigenvalue weighted by atomic mass is 19.1. The maximum absolute atomic E-state index is 13.9. The first-order valence-electron chi connectivity index (χ1n) is 7.54. The predicted octanol–water partition coefficient (Wildman–Crippen LogP) is 1.59. The van der Waals surface area contributed by atoms with Crippen molar-refractivity contribution < 1.29 is 28.6 Å². The number of hydrogen-bond donors (Lipinski definition) is 2. The third kappa shape index (κ3) is 3.35. The van der Waals surface area contributed by atoms with E-state index in [9.17, 15) is 14.0 Å². The van der Waals surface area contributed by atoms with Crippen LogP contribution in [0.4, 0.5) is 4.39 Å². The number of carbonyl (C=O) groups is 2. The lowest BCUT2D eigenvalue weighted by atomic mass is 9.89. The third-order valence-corrected chi connectivity index (χ3v) is 4.36. The fourth-order valence-corrected chi connectivity index (χ4v) is 3.11. The number of carbonyl (C=O) groups excluding carboxylic acids is 1. The molecule has 1 aromatic rings. The number of halogens is 1. The Bertz CT molecular complexity index is 627. The van der Waals surface area contributed by atoms with Crippen molar-refractivity contribution in [1.82, 2.24) is 5.32 Å². The quantitative estimate of drug-likeness (QED) is 0.882. The Balaban J connectivity index is 1.68. The Kier molecular flexibility index (Phi) is 4.32. The Labute approximate surface area is 132 Å². The number of aromatic carboxylic acids is 1. The molecule has 2 aliphatic heterocycles. The van der Waals surface area contributed by atoms with Crippen LogP contribution in [0.1, 0.15) is 40.0 Å². The highest BCUT2D eigenvalue weighted by Crippen LogP contribution is 2.32. The van der Waals surface area contributed by atoms with Crippen molar-refractivity contribution in [2.45, 2.75) is 30.9 Å². The number of amides is 1. The van der Waals surface area contributed by atoms with E-state index in [-0.39, 0.29) is 22.8 Å². The van der Waals surface area contributed by atoms with Gasteiger partial charge in [0.1, 0.15) is 5.82 Å². The Hall–Kier alpha value is -1.99. The van der Waals surface area contributed by atoms with Crippen molar-refractivity contribution >= 4 is 11.9 Å². The van der Waals surface area contributed by atoms with Crippen LogP contribution in [-0.2, 0) is 9.47 Å². The topological polar surface area (TPSA) is 84.9 Å². The van der Waals surface area contributed by atoms with Gasteiger partial charge in [0.05, 0.1) is 23.3 Å². The average molecular weight is 323 g/mol. The van der Waals surface area contributed by atoms with Gasteiger partial charge in [0, 0.05) is 25.7 Å². The van der Waals surface area contributed by atoms with Crippen molar-refractivity contribution in [3.05, 3.63) is 35.1 Å². The summed E-state index contributed by atoms with van der Waals surface area (Å²) in [7, 11) is 0. The second kappa shape index (κ2) is 6.25. The third-order valence-electron chi connectivity index (χ3n) is 4.36. The summed E-state index contributed by atoms with van der Waals surface area (Å²) < 4.78 is 25.1. The molecule has 0 bridgehead atoms. The minimum atomic E-state index is -1.23. The highest BCUT2D eigenvalue weighted by Gasteiger charge is 2.41. The first-order chi connectivity index (χ1) is 11.0. The van der Waals surface area contributed by atoms with E-state index < -0.39 is 17.7 Å². The van der Waals surface area contributed by atoms with E-state index in [2.05, 4.69) is 5.32 Å². The van der Waals surface area contributed by atoms with Gasteiger partial charge in [0.15, 0.2) is 0 Å². The first kappa shape index (κ1) is 15.9. The van der Waals surface area contributed by atoms with E-state index in [1.54, 1.807) is 0 Å². The summed E-state index contributed by atoms with van der Waals surface area (Å²) in [6.07, 6.45) is 2.08. The van der Waals surface area contributed by atoms with Gasteiger partial charge >= 0.3 is 5.97 Å². The summed E-state index contributed by atoms with van der Waals surface area (Å²) in [4.78, 5) is 23.0. The molecule has 2 heterocycles. The van der Waals surface area contributed by atoms with Gasteiger partial charge < -0.3 is 19.9 Å². The Morgan fingerprint density at radius 1 is 1.35 bits per heavy atom. The number of carboxylic acids is 1. The fraction of sp³-hybridized carbons (Fsp3) is 0.500. The highest BCUT2D eigenvalue weighted by molar-refractivity contribution is 5.96. The first-order valence-corrected chi connectivity index (χ1v) is 7.54. The molecule has 1 amide bonds. The number of ether oxygens (including phenoxy) is 2. The standard InChI is InChI=1S/C16H18FNO5/c17-13-7-10(15(20)21)1-2-12(13)14(19)18-11-3-5-23-16(8-11)4-6-22-9-16/h1-2,7,11H,3-6,8-9H2,(H,18,19)(H,20,21). The molecule has 2 aliphatic rings. The Morgan fingerprint density at radius 3 is 2.83 bits per heavy atom. The molecule has 2 fully saturated rings. The second-order valence-electron chi connectivity index (χ2n) is 6.00. The van der Waals surface area contributed by atoms with E-state index in [1.165, 1.54) is 12.1 Å². The van der Waals surface area contributed by atoms with Crippen molar-refractivity contribution in [3.8, 4) is 0 Å². The van der Waals surface area contributed by atoms with E-state index >= 15 is 0 Å². The molecule has 23 heavy (non-hydrogen) atoms.